The van der Waals surface area contributed by atoms with Crippen molar-refractivity contribution in [2.24, 2.45) is 0 Å². The molecule has 0 aromatic heterocycles. The van der Waals surface area contributed by atoms with Crippen molar-refractivity contribution >= 4 is 5.91 Å². The standard InChI is InChI=1S/C67H117NO3/c1-3-5-7-9-11-13-15-17-19-21-23-25-27-28-29-30-31-32-33-34-35-36-37-38-39-40-41-43-45-47-49-51-53-55-57-59-61-63-67(71)68-65(64-69)66(70)62-60-58-56-54-52-50-48-46-44-42-26-24-22-20-18-16-14-12-10-8-6-4-2/h5,7,11,13,17,19,23,25,28-29,31-32,34-35,37-38,60,62,65-66,69-70H,3-4,6,8-10,12,14-16,18,20-22,24,26-27,30,33,36,39-59,61,63-64H2,1-2H3,(H,68,71)/b7-5-,13-11-,19-17-,25-23-,29-28-,32-31-,35-34-,38-37-,62-60+. The van der Waals surface area contributed by atoms with Crippen LogP contribution < -0.4 is 5.32 Å². The van der Waals surface area contributed by atoms with E-state index >= 15 is 0 Å². The van der Waals surface area contributed by atoms with E-state index in [1.54, 1.807) is 6.08 Å². The van der Waals surface area contributed by atoms with Crippen molar-refractivity contribution in [1.29, 1.82) is 0 Å². The molecule has 0 aliphatic carbocycles. The lowest BCUT2D eigenvalue weighted by Gasteiger charge is -2.20. The number of rotatable bonds is 55. The third-order valence-corrected chi connectivity index (χ3v) is 13.5. The highest BCUT2D eigenvalue weighted by Gasteiger charge is 2.18. The van der Waals surface area contributed by atoms with Gasteiger partial charge in [-0.05, 0) is 83.5 Å². The molecular weight excluding hydrogens is 867 g/mol. The maximum atomic E-state index is 12.5. The average molecular weight is 985 g/mol. The van der Waals surface area contributed by atoms with Crippen LogP contribution in [0.5, 0.6) is 0 Å². The van der Waals surface area contributed by atoms with Gasteiger partial charge in [-0.2, -0.15) is 0 Å². The van der Waals surface area contributed by atoms with Crippen molar-refractivity contribution in [3.63, 3.8) is 0 Å². The molecule has 0 aliphatic rings. The van der Waals surface area contributed by atoms with Gasteiger partial charge in [0.15, 0.2) is 0 Å². The highest BCUT2D eigenvalue weighted by molar-refractivity contribution is 5.76. The highest BCUT2D eigenvalue weighted by Crippen LogP contribution is 2.17. The van der Waals surface area contributed by atoms with Crippen molar-refractivity contribution in [2.45, 2.75) is 302 Å². The number of carbonyl (C=O) groups is 1. The summed E-state index contributed by atoms with van der Waals surface area (Å²) in [5.74, 6) is -0.0674. The molecule has 0 heterocycles. The highest BCUT2D eigenvalue weighted by atomic mass is 16.3. The third kappa shape index (κ3) is 57.8. The van der Waals surface area contributed by atoms with E-state index in [1.807, 2.05) is 6.08 Å². The van der Waals surface area contributed by atoms with Gasteiger partial charge in [0.2, 0.25) is 5.91 Å². The number of amides is 1. The van der Waals surface area contributed by atoms with Crippen LogP contribution in [0, 0.1) is 0 Å². The van der Waals surface area contributed by atoms with Crippen LogP contribution in [-0.4, -0.2) is 34.9 Å². The average Bonchev–Trinajstić information content (AvgIpc) is 3.37. The maximum absolute atomic E-state index is 12.5. The third-order valence-electron chi connectivity index (χ3n) is 13.5. The molecule has 0 fully saturated rings. The summed E-state index contributed by atoms with van der Waals surface area (Å²) >= 11 is 0. The lowest BCUT2D eigenvalue weighted by Crippen LogP contribution is -2.45. The summed E-state index contributed by atoms with van der Waals surface area (Å²) in [5.41, 5.74) is 0. The molecule has 2 unspecified atom stereocenters. The first-order valence-corrected chi connectivity index (χ1v) is 30.6. The first-order chi connectivity index (χ1) is 35.2. The molecule has 0 spiro atoms. The van der Waals surface area contributed by atoms with Gasteiger partial charge in [0.1, 0.15) is 0 Å². The number of hydrogen-bond donors (Lipinski definition) is 3. The number of hydrogen-bond acceptors (Lipinski definition) is 3. The molecule has 0 aromatic carbocycles. The van der Waals surface area contributed by atoms with Crippen molar-refractivity contribution in [1.82, 2.24) is 5.32 Å². The Hall–Kier alpha value is -2.95. The van der Waals surface area contributed by atoms with Gasteiger partial charge < -0.3 is 15.5 Å². The topological polar surface area (TPSA) is 69.6 Å². The molecule has 2 atom stereocenters. The smallest absolute Gasteiger partial charge is 0.220 e. The molecule has 4 heteroatoms. The van der Waals surface area contributed by atoms with Gasteiger partial charge in [0.05, 0.1) is 18.8 Å². The van der Waals surface area contributed by atoms with E-state index in [-0.39, 0.29) is 12.5 Å². The Morgan fingerprint density at radius 2 is 0.620 bits per heavy atom. The predicted octanol–water partition coefficient (Wildman–Crippen LogP) is 20.6. The molecule has 0 rings (SSSR count). The van der Waals surface area contributed by atoms with Crippen molar-refractivity contribution < 1.29 is 15.0 Å². The summed E-state index contributed by atoms with van der Waals surface area (Å²) in [7, 11) is 0. The Morgan fingerprint density at radius 3 is 0.930 bits per heavy atom. The second kappa shape index (κ2) is 61.4. The van der Waals surface area contributed by atoms with E-state index in [9.17, 15) is 15.0 Å². The van der Waals surface area contributed by atoms with Crippen LogP contribution >= 0.6 is 0 Å². The fourth-order valence-corrected chi connectivity index (χ4v) is 8.90. The first kappa shape index (κ1) is 68.0. The molecule has 1 amide bonds. The zero-order valence-electron chi connectivity index (χ0n) is 47.0. The van der Waals surface area contributed by atoms with E-state index in [0.717, 1.165) is 77.0 Å². The summed E-state index contributed by atoms with van der Waals surface area (Å²) in [6, 6.07) is -0.630. The Kier molecular flexibility index (Phi) is 58.8. The van der Waals surface area contributed by atoms with E-state index in [2.05, 4.69) is 116 Å². The van der Waals surface area contributed by atoms with Gasteiger partial charge in [0.25, 0.3) is 0 Å². The van der Waals surface area contributed by atoms with Crippen molar-refractivity contribution in [3.8, 4) is 0 Å². The summed E-state index contributed by atoms with van der Waals surface area (Å²) in [4.78, 5) is 12.5. The molecule has 3 N–H and O–H groups in total. The second-order valence-corrected chi connectivity index (χ2v) is 20.4. The lowest BCUT2D eigenvalue weighted by atomic mass is 10.0. The van der Waals surface area contributed by atoms with Crippen molar-refractivity contribution in [3.05, 3.63) is 109 Å². The summed E-state index contributed by atoms with van der Waals surface area (Å²) < 4.78 is 0. The Morgan fingerprint density at radius 1 is 0.352 bits per heavy atom. The maximum Gasteiger partial charge on any atom is 0.220 e. The van der Waals surface area contributed by atoms with Gasteiger partial charge in [-0.1, -0.05) is 309 Å². The number of aliphatic hydroxyl groups excluding tert-OH is 2. The van der Waals surface area contributed by atoms with E-state index in [4.69, 9.17) is 0 Å². The van der Waals surface area contributed by atoms with Crippen LogP contribution in [0.15, 0.2) is 109 Å². The molecule has 71 heavy (non-hydrogen) atoms. The normalized spacial score (nSPS) is 13.6. The minimum Gasteiger partial charge on any atom is -0.394 e. The van der Waals surface area contributed by atoms with Gasteiger partial charge in [-0.25, -0.2) is 0 Å². The van der Waals surface area contributed by atoms with E-state index in [0.29, 0.717) is 6.42 Å². The zero-order valence-corrected chi connectivity index (χ0v) is 47.0. The Balaban J connectivity index is 3.55. The van der Waals surface area contributed by atoms with E-state index in [1.165, 1.54) is 193 Å². The first-order valence-electron chi connectivity index (χ1n) is 30.6. The molecule has 4 nitrogen and oxygen atoms in total. The quantitative estimate of drug-likeness (QED) is 0.0420. The van der Waals surface area contributed by atoms with Crippen molar-refractivity contribution in [2.75, 3.05) is 6.61 Å². The number of allylic oxidation sites excluding steroid dienone is 17. The van der Waals surface area contributed by atoms with Gasteiger partial charge in [-0.15, -0.1) is 0 Å². The van der Waals surface area contributed by atoms with Crippen LogP contribution in [0.3, 0.4) is 0 Å². The number of carbonyl (C=O) groups excluding carboxylic acids is 1. The van der Waals surface area contributed by atoms with Crippen LogP contribution in [0.4, 0.5) is 0 Å². The van der Waals surface area contributed by atoms with Crippen LogP contribution in [-0.2, 0) is 4.79 Å². The zero-order chi connectivity index (χ0) is 51.3. The Labute approximate surface area is 442 Å². The molecular formula is C67H117NO3. The fraction of sp³-hybridized carbons (Fsp3) is 0.716. The van der Waals surface area contributed by atoms with Gasteiger partial charge in [-0.3, -0.25) is 4.79 Å². The molecule has 0 saturated carbocycles. The fourth-order valence-electron chi connectivity index (χ4n) is 8.90. The van der Waals surface area contributed by atoms with Crippen LogP contribution in [0.1, 0.15) is 290 Å². The summed E-state index contributed by atoms with van der Waals surface area (Å²) in [5, 5.41) is 23.2. The van der Waals surface area contributed by atoms with Crippen LogP contribution in [0.2, 0.25) is 0 Å². The Bertz CT molecular complexity index is 1350. The number of aliphatic hydroxyl groups is 2. The van der Waals surface area contributed by atoms with Gasteiger partial charge in [0, 0.05) is 6.42 Å². The largest absolute Gasteiger partial charge is 0.394 e. The molecule has 0 saturated heterocycles. The van der Waals surface area contributed by atoms with E-state index < -0.39 is 12.1 Å². The predicted molar refractivity (Wildman–Crippen MR) is 317 cm³/mol. The minimum absolute atomic E-state index is 0.0674. The van der Waals surface area contributed by atoms with Gasteiger partial charge >= 0.3 is 0 Å². The number of unbranched alkanes of at least 4 members (excludes halogenated alkanes) is 32. The lowest BCUT2D eigenvalue weighted by molar-refractivity contribution is -0.123. The monoisotopic (exact) mass is 984 g/mol. The molecule has 408 valence electrons. The summed E-state index contributed by atoms with van der Waals surface area (Å²) in [6.07, 6.45) is 92.6. The second-order valence-electron chi connectivity index (χ2n) is 20.4. The van der Waals surface area contributed by atoms with Crippen LogP contribution in [0.25, 0.3) is 0 Å². The number of nitrogens with one attached hydrogen (secondary N) is 1. The molecule has 0 radical (unpaired) electrons. The molecule has 0 bridgehead atoms. The minimum atomic E-state index is -0.847. The SMILES string of the molecule is CC/C=C\C/C=C\C/C=C\C/C=C\C/C=C\C/C=C\C/C=C\C/C=C\CCCCCCCCCCCCCCC(=O)NC(CO)C(O)/C=C/CCCCCCCCCCCCCCCCCCCCCC. The molecule has 0 aromatic rings. The summed E-state index contributed by atoms with van der Waals surface area (Å²) in [6.45, 7) is 4.21. The molecule has 0 aliphatic heterocycles.